The summed E-state index contributed by atoms with van der Waals surface area (Å²) in [4.78, 5) is 5.49. The lowest BCUT2D eigenvalue weighted by Crippen LogP contribution is -2.26. The lowest BCUT2D eigenvalue weighted by molar-refractivity contribution is 0.569. The summed E-state index contributed by atoms with van der Waals surface area (Å²) in [6.45, 7) is 5.34. The molecule has 0 aliphatic carbocycles. The first-order chi connectivity index (χ1) is 7.18. The van der Waals surface area contributed by atoms with Crippen molar-refractivity contribution in [1.82, 2.24) is 9.36 Å². The van der Waals surface area contributed by atoms with Crippen LogP contribution in [0.5, 0.6) is 0 Å². The molecule has 2 aromatic rings. The zero-order chi connectivity index (χ0) is 10.7. The Morgan fingerprint density at radius 1 is 1.47 bits per heavy atom. The van der Waals surface area contributed by atoms with Crippen molar-refractivity contribution in [2.45, 2.75) is 19.3 Å². The number of anilines is 1. The monoisotopic (exact) mass is 239 g/mol. The molecule has 0 saturated heterocycles. The fraction of sp³-hybridized carbons (Fsp3) is 0.400. The van der Waals surface area contributed by atoms with E-state index < -0.39 is 0 Å². The molecule has 0 aliphatic rings. The van der Waals surface area contributed by atoms with E-state index in [9.17, 15) is 0 Å². The van der Waals surface area contributed by atoms with E-state index in [2.05, 4.69) is 46.0 Å². The Morgan fingerprint density at radius 3 is 2.93 bits per heavy atom. The van der Waals surface area contributed by atoms with Gasteiger partial charge >= 0.3 is 0 Å². The Labute approximate surface area is 97.4 Å². The second kappa shape index (κ2) is 4.28. The van der Waals surface area contributed by atoms with Crippen LogP contribution in [-0.2, 0) is 5.41 Å². The molecule has 0 unspecified atom stereocenters. The van der Waals surface area contributed by atoms with Gasteiger partial charge in [0.15, 0.2) is 0 Å². The van der Waals surface area contributed by atoms with Gasteiger partial charge in [0.25, 0.3) is 0 Å². The average molecular weight is 239 g/mol. The van der Waals surface area contributed by atoms with E-state index in [4.69, 9.17) is 0 Å². The molecule has 0 bridgehead atoms. The number of nitrogens with one attached hydrogen (secondary N) is 1. The van der Waals surface area contributed by atoms with E-state index in [-0.39, 0.29) is 5.41 Å². The van der Waals surface area contributed by atoms with Gasteiger partial charge in [-0.2, -0.15) is 4.37 Å². The summed E-state index contributed by atoms with van der Waals surface area (Å²) in [5.74, 6) is 0. The van der Waals surface area contributed by atoms with Crippen LogP contribution in [0, 0.1) is 0 Å². The smallest absolute Gasteiger partial charge is 0.202 e. The Balaban J connectivity index is 1.99. The summed E-state index contributed by atoms with van der Waals surface area (Å²) in [6, 6.07) is 4.26. The molecule has 1 N–H and O–H groups in total. The molecule has 0 amide bonds. The maximum absolute atomic E-state index is 4.10. The number of nitrogens with zero attached hydrogens (tertiary/aromatic N) is 2. The summed E-state index contributed by atoms with van der Waals surface area (Å²) in [5, 5.41) is 6.31. The van der Waals surface area contributed by atoms with Crippen molar-refractivity contribution in [3.63, 3.8) is 0 Å². The van der Waals surface area contributed by atoms with Crippen molar-refractivity contribution in [1.29, 1.82) is 0 Å². The highest BCUT2D eigenvalue weighted by atomic mass is 32.1. The topological polar surface area (TPSA) is 37.8 Å². The molecule has 0 aliphatic heterocycles. The highest BCUT2D eigenvalue weighted by molar-refractivity contribution is 7.10. The van der Waals surface area contributed by atoms with E-state index >= 15 is 0 Å². The minimum absolute atomic E-state index is 0.139. The summed E-state index contributed by atoms with van der Waals surface area (Å²) >= 11 is 3.19. The largest absolute Gasteiger partial charge is 0.359 e. The van der Waals surface area contributed by atoms with E-state index in [1.165, 1.54) is 16.4 Å². The van der Waals surface area contributed by atoms with Crippen molar-refractivity contribution in [3.05, 3.63) is 28.7 Å². The van der Waals surface area contributed by atoms with Crippen LogP contribution in [0.1, 0.15) is 18.7 Å². The molecule has 0 radical (unpaired) electrons. The van der Waals surface area contributed by atoms with Crippen molar-refractivity contribution in [2.75, 3.05) is 11.9 Å². The van der Waals surface area contributed by atoms with Crippen LogP contribution in [0.2, 0.25) is 0 Å². The van der Waals surface area contributed by atoms with Gasteiger partial charge in [-0.3, -0.25) is 0 Å². The van der Waals surface area contributed by atoms with Gasteiger partial charge < -0.3 is 5.32 Å². The molecule has 0 fully saturated rings. The van der Waals surface area contributed by atoms with E-state index in [1.54, 1.807) is 17.7 Å². The summed E-state index contributed by atoms with van der Waals surface area (Å²) in [7, 11) is 0. The first kappa shape index (κ1) is 10.6. The number of hydrogen-bond acceptors (Lipinski definition) is 5. The third-order valence-corrected chi connectivity index (χ3v) is 4.09. The van der Waals surface area contributed by atoms with Gasteiger partial charge in [0.1, 0.15) is 6.33 Å². The maximum atomic E-state index is 4.10. The average Bonchev–Trinajstić information content (AvgIpc) is 2.88. The van der Waals surface area contributed by atoms with E-state index in [0.717, 1.165) is 11.7 Å². The Hall–Kier alpha value is -0.940. The van der Waals surface area contributed by atoms with Crippen LogP contribution < -0.4 is 5.32 Å². The van der Waals surface area contributed by atoms with Gasteiger partial charge in [0, 0.05) is 28.4 Å². The maximum Gasteiger partial charge on any atom is 0.202 e. The Morgan fingerprint density at radius 2 is 2.33 bits per heavy atom. The van der Waals surface area contributed by atoms with Gasteiger partial charge in [0.2, 0.25) is 5.13 Å². The Bertz CT molecular complexity index is 392. The molecule has 0 spiro atoms. The predicted octanol–water partition coefficient (Wildman–Crippen LogP) is 2.99. The minimum Gasteiger partial charge on any atom is -0.359 e. The molecule has 2 rings (SSSR count). The fourth-order valence-corrected chi connectivity index (χ4v) is 2.58. The molecule has 2 aromatic heterocycles. The third kappa shape index (κ3) is 2.54. The highest BCUT2D eigenvalue weighted by Gasteiger charge is 2.21. The zero-order valence-electron chi connectivity index (χ0n) is 8.73. The molecular formula is C10H13N3S2. The molecule has 0 atom stereocenters. The quantitative estimate of drug-likeness (QED) is 0.891. The molecule has 0 saturated carbocycles. The summed E-state index contributed by atoms with van der Waals surface area (Å²) in [5.41, 5.74) is 0.139. The molecule has 15 heavy (non-hydrogen) atoms. The van der Waals surface area contributed by atoms with Gasteiger partial charge in [-0.15, -0.1) is 11.3 Å². The van der Waals surface area contributed by atoms with Gasteiger partial charge in [-0.25, -0.2) is 4.98 Å². The van der Waals surface area contributed by atoms with Crippen molar-refractivity contribution in [3.8, 4) is 0 Å². The Kier molecular flexibility index (Phi) is 3.02. The van der Waals surface area contributed by atoms with Gasteiger partial charge in [0.05, 0.1) is 0 Å². The SMILES string of the molecule is CC(C)(CNc1ncns1)c1cccs1. The molecular weight excluding hydrogens is 226 g/mol. The first-order valence-electron chi connectivity index (χ1n) is 4.73. The van der Waals surface area contributed by atoms with Gasteiger partial charge in [-0.05, 0) is 11.4 Å². The predicted molar refractivity (Wildman–Crippen MR) is 65.7 cm³/mol. The second-order valence-electron chi connectivity index (χ2n) is 3.96. The first-order valence-corrected chi connectivity index (χ1v) is 6.38. The fourth-order valence-electron chi connectivity index (χ4n) is 1.30. The summed E-state index contributed by atoms with van der Waals surface area (Å²) in [6.07, 6.45) is 1.57. The van der Waals surface area contributed by atoms with Gasteiger partial charge in [-0.1, -0.05) is 19.9 Å². The van der Waals surface area contributed by atoms with Crippen molar-refractivity contribution >= 4 is 28.0 Å². The zero-order valence-corrected chi connectivity index (χ0v) is 10.4. The van der Waals surface area contributed by atoms with Crippen LogP contribution in [0.25, 0.3) is 0 Å². The number of thiophene rings is 1. The lowest BCUT2D eigenvalue weighted by atomic mass is 9.91. The summed E-state index contributed by atoms with van der Waals surface area (Å²) < 4.78 is 3.96. The van der Waals surface area contributed by atoms with Crippen LogP contribution in [0.15, 0.2) is 23.8 Å². The number of hydrogen-bond donors (Lipinski definition) is 1. The van der Waals surface area contributed by atoms with Crippen LogP contribution in [0.3, 0.4) is 0 Å². The lowest BCUT2D eigenvalue weighted by Gasteiger charge is -2.23. The number of rotatable bonds is 4. The van der Waals surface area contributed by atoms with E-state index in [1.807, 2.05) is 0 Å². The van der Waals surface area contributed by atoms with Crippen molar-refractivity contribution in [2.24, 2.45) is 0 Å². The molecule has 0 aromatic carbocycles. The minimum atomic E-state index is 0.139. The van der Waals surface area contributed by atoms with Crippen molar-refractivity contribution < 1.29 is 0 Å². The highest BCUT2D eigenvalue weighted by Crippen LogP contribution is 2.27. The van der Waals surface area contributed by atoms with E-state index in [0.29, 0.717) is 0 Å². The van der Waals surface area contributed by atoms with Crippen LogP contribution in [-0.4, -0.2) is 15.9 Å². The number of aromatic nitrogens is 2. The second-order valence-corrected chi connectivity index (χ2v) is 5.69. The normalized spacial score (nSPS) is 11.6. The van der Waals surface area contributed by atoms with Crippen LogP contribution in [0.4, 0.5) is 5.13 Å². The standard InChI is InChI=1S/C10H13N3S2/c1-10(2,8-4-3-5-14-8)6-11-9-12-7-13-15-9/h3-5,7H,6H2,1-2H3,(H,11,12,13). The van der Waals surface area contributed by atoms with Crippen LogP contribution >= 0.6 is 22.9 Å². The molecule has 80 valence electrons. The molecule has 5 heteroatoms. The molecule has 2 heterocycles. The molecule has 3 nitrogen and oxygen atoms in total. The third-order valence-electron chi connectivity index (χ3n) is 2.23.